The van der Waals surface area contributed by atoms with Gasteiger partial charge in [-0.3, -0.25) is 15.6 Å². The first-order valence-electron chi connectivity index (χ1n) is 7.80. The van der Waals surface area contributed by atoms with Crippen LogP contribution in [0, 0.1) is 3.57 Å². The first-order chi connectivity index (χ1) is 12.1. The lowest BCUT2D eigenvalue weighted by Crippen LogP contribution is -2.35. The number of hydrazine groups is 1. The molecule has 0 unspecified atom stereocenters. The Morgan fingerprint density at radius 1 is 0.760 bits per heavy atom. The predicted molar refractivity (Wildman–Crippen MR) is 111 cm³/mol. The van der Waals surface area contributed by atoms with E-state index in [-0.39, 0.29) is 5.91 Å². The molecule has 4 heteroatoms. The molecule has 3 rings (SSSR count). The van der Waals surface area contributed by atoms with Crippen LogP contribution in [0.3, 0.4) is 0 Å². The fourth-order valence-corrected chi connectivity index (χ4v) is 2.94. The van der Waals surface area contributed by atoms with Crippen molar-refractivity contribution in [3.05, 3.63) is 100 Å². The number of halogens is 1. The van der Waals surface area contributed by atoms with Crippen molar-refractivity contribution in [2.45, 2.75) is 0 Å². The maximum atomic E-state index is 12.2. The molecular formula is C21H17IN2O. The smallest absolute Gasteiger partial charge is 0.269 e. The number of hydrogen-bond acceptors (Lipinski definition) is 2. The van der Waals surface area contributed by atoms with Crippen molar-refractivity contribution in [1.29, 1.82) is 0 Å². The first-order valence-corrected chi connectivity index (χ1v) is 8.88. The second-order valence-electron chi connectivity index (χ2n) is 5.51. The molecule has 0 aliphatic rings. The highest BCUT2D eigenvalue weighted by Gasteiger charge is 2.06. The van der Waals surface area contributed by atoms with Gasteiger partial charge in [0.05, 0.1) is 5.70 Å². The lowest BCUT2D eigenvalue weighted by atomic mass is 10.0. The Bertz CT molecular complexity index is 889. The Morgan fingerprint density at radius 2 is 1.44 bits per heavy atom. The van der Waals surface area contributed by atoms with Gasteiger partial charge in [0.15, 0.2) is 0 Å². The van der Waals surface area contributed by atoms with E-state index < -0.39 is 0 Å². The SMILES string of the molecule is C=C(NNC(=O)c1cccc(I)c1)c1ccc(-c2ccccc2)cc1. The Hall–Kier alpha value is -2.60. The van der Waals surface area contributed by atoms with Gasteiger partial charge in [0.2, 0.25) is 0 Å². The summed E-state index contributed by atoms with van der Waals surface area (Å²) < 4.78 is 1.01. The summed E-state index contributed by atoms with van der Waals surface area (Å²) in [4.78, 5) is 12.2. The molecule has 0 heterocycles. The summed E-state index contributed by atoms with van der Waals surface area (Å²) in [7, 11) is 0. The molecule has 0 saturated heterocycles. The highest BCUT2D eigenvalue weighted by atomic mass is 127. The van der Waals surface area contributed by atoms with E-state index in [2.05, 4.69) is 52.2 Å². The number of hydrogen-bond donors (Lipinski definition) is 2. The summed E-state index contributed by atoms with van der Waals surface area (Å²) in [6.45, 7) is 3.98. The van der Waals surface area contributed by atoms with Gasteiger partial charge in [0.25, 0.3) is 5.91 Å². The van der Waals surface area contributed by atoms with Gasteiger partial charge in [-0.1, -0.05) is 67.2 Å². The average Bonchev–Trinajstić information content (AvgIpc) is 2.66. The first kappa shape index (κ1) is 17.2. The van der Waals surface area contributed by atoms with Crippen molar-refractivity contribution in [1.82, 2.24) is 10.9 Å². The molecule has 25 heavy (non-hydrogen) atoms. The van der Waals surface area contributed by atoms with Crippen LogP contribution < -0.4 is 10.9 Å². The second kappa shape index (κ2) is 7.98. The maximum Gasteiger partial charge on any atom is 0.269 e. The van der Waals surface area contributed by atoms with Crippen LogP contribution in [0.2, 0.25) is 0 Å². The lowest BCUT2D eigenvalue weighted by molar-refractivity contribution is 0.0942. The molecule has 0 aliphatic heterocycles. The number of benzene rings is 3. The number of carbonyl (C=O) groups is 1. The van der Waals surface area contributed by atoms with Gasteiger partial charge < -0.3 is 0 Å². The van der Waals surface area contributed by atoms with Crippen LogP contribution in [0.5, 0.6) is 0 Å². The standard InChI is InChI=1S/C21H17IN2O/c1-15(23-24-21(25)19-8-5-9-20(22)14-19)16-10-12-18(13-11-16)17-6-3-2-4-7-17/h2-14,23H,1H2,(H,24,25). The highest BCUT2D eigenvalue weighted by Crippen LogP contribution is 2.20. The predicted octanol–water partition coefficient (Wildman–Crippen LogP) is 4.86. The van der Waals surface area contributed by atoms with Crippen LogP contribution in [0.15, 0.2) is 85.4 Å². The van der Waals surface area contributed by atoms with Crippen LogP contribution in [-0.2, 0) is 0 Å². The molecule has 0 spiro atoms. The van der Waals surface area contributed by atoms with Gasteiger partial charge in [-0.05, 0) is 57.5 Å². The molecule has 0 saturated carbocycles. The minimum atomic E-state index is -0.194. The molecule has 0 aromatic heterocycles. The van der Waals surface area contributed by atoms with Gasteiger partial charge in [-0.15, -0.1) is 0 Å². The molecule has 0 fully saturated rings. The summed E-state index contributed by atoms with van der Waals surface area (Å²) in [6, 6.07) is 25.6. The fourth-order valence-electron chi connectivity index (χ4n) is 2.40. The third-order valence-corrected chi connectivity index (χ3v) is 4.43. The molecule has 0 atom stereocenters. The van der Waals surface area contributed by atoms with Gasteiger partial charge in [0, 0.05) is 9.13 Å². The lowest BCUT2D eigenvalue weighted by Gasteiger charge is -2.12. The molecule has 2 N–H and O–H groups in total. The second-order valence-corrected chi connectivity index (χ2v) is 6.76. The third-order valence-electron chi connectivity index (χ3n) is 3.75. The monoisotopic (exact) mass is 440 g/mol. The number of carbonyl (C=O) groups excluding carboxylic acids is 1. The number of nitrogens with one attached hydrogen (secondary N) is 2. The van der Waals surface area contributed by atoms with Crippen LogP contribution in [0.1, 0.15) is 15.9 Å². The number of amides is 1. The van der Waals surface area contributed by atoms with Gasteiger partial charge in [-0.25, -0.2) is 0 Å². The largest absolute Gasteiger partial charge is 0.298 e. The average molecular weight is 440 g/mol. The summed E-state index contributed by atoms with van der Waals surface area (Å²) in [5.74, 6) is -0.194. The number of rotatable bonds is 5. The summed E-state index contributed by atoms with van der Waals surface area (Å²) in [5.41, 5.74) is 10.0. The Morgan fingerprint density at radius 3 is 2.12 bits per heavy atom. The molecule has 124 valence electrons. The van der Waals surface area contributed by atoms with E-state index in [1.165, 1.54) is 5.56 Å². The quantitative estimate of drug-likeness (QED) is 0.440. The zero-order valence-corrected chi connectivity index (χ0v) is 15.7. The zero-order valence-electron chi connectivity index (χ0n) is 13.5. The van der Waals surface area contributed by atoms with E-state index in [1.807, 2.05) is 60.7 Å². The van der Waals surface area contributed by atoms with Crippen molar-refractivity contribution in [3.63, 3.8) is 0 Å². The van der Waals surface area contributed by atoms with E-state index in [0.717, 1.165) is 14.7 Å². The van der Waals surface area contributed by atoms with Crippen molar-refractivity contribution < 1.29 is 4.79 Å². The molecule has 3 aromatic rings. The molecular weight excluding hydrogens is 423 g/mol. The van der Waals surface area contributed by atoms with Crippen molar-refractivity contribution in [3.8, 4) is 11.1 Å². The Balaban J connectivity index is 1.63. The van der Waals surface area contributed by atoms with Gasteiger partial charge in [0.1, 0.15) is 0 Å². The summed E-state index contributed by atoms with van der Waals surface area (Å²) in [6.07, 6.45) is 0. The molecule has 1 amide bonds. The van der Waals surface area contributed by atoms with E-state index in [4.69, 9.17) is 0 Å². The van der Waals surface area contributed by atoms with E-state index in [9.17, 15) is 4.79 Å². The van der Waals surface area contributed by atoms with Gasteiger partial charge >= 0.3 is 0 Å². The maximum absolute atomic E-state index is 12.2. The third kappa shape index (κ3) is 4.48. The molecule has 0 aliphatic carbocycles. The normalized spacial score (nSPS) is 10.1. The molecule has 0 bridgehead atoms. The van der Waals surface area contributed by atoms with E-state index in [0.29, 0.717) is 11.3 Å². The van der Waals surface area contributed by atoms with Crippen LogP contribution in [0.25, 0.3) is 16.8 Å². The van der Waals surface area contributed by atoms with Crippen LogP contribution in [-0.4, -0.2) is 5.91 Å². The summed E-state index contributed by atoms with van der Waals surface area (Å²) in [5, 5.41) is 0. The topological polar surface area (TPSA) is 41.1 Å². The van der Waals surface area contributed by atoms with Crippen LogP contribution >= 0.6 is 22.6 Å². The minimum Gasteiger partial charge on any atom is -0.298 e. The Labute approximate surface area is 160 Å². The Kier molecular flexibility index (Phi) is 5.50. The molecule has 3 nitrogen and oxygen atoms in total. The van der Waals surface area contributed by atoms with Crippen molar-refractivity contribution in [2.75, 3.05) is 0 Å². The zero-order chi connectivity index (χ0) is 17.6. The highest BCUT2D eigenvalue weighted by molar-refractivity contribution is 14.1. The molecule has 3 aromatic carbocycles. The van der Waals surface area contributed by atoms with Gasteiger partial charge in [-0.2, -0.15) is 0 Å². The van der Waals surface area contributed by atoms with Crippen molar-refractivity contribution >= 4 is 34.2 Å². The molecule has 0 radical (unpaired) electrons. The van der Waals surface area contributed by atoms with E-state index in [1.54, 1.807) is 6.07 Å². The van der Waals surface area contributed by atoms with Crippen LogP contribution in [0.4, 0.5) is 0 Å². The fraction of sp³-hybridized carbons (Fsp3) is 0. The van der Waals surface area contributed by atoms with E-state index >= 15 is 0 Å². The summed E-state index contributed by atoms with van der Waals surface area (Å²) >= 11 is 2.18. The van der Waals surface area contributed by atoms with Crippen molar-refractivity contribution in [2.24, 2.45) is 0 Å². The minimum absolute atomic E-state index is 0.194.